The first-order valence-corrected chi connectivity index (χ1v) is 9.54. The van der Waals surface area contributed by atoms with Crippen LogP contribution in [0.2, 0.25) is 0 Å². The van der Waals surface area contributed by atoms with Crippen molar-refractivity contribution < 1.29 is 14.0 Å². The van der Waals surface area contributed by atoms with Crippen molar-refractivity contribution in [1.82, 2.24) is 10.1 Å². The number of hydrogen-bond acceptors (Lipinski definition) is 6. The molecule has 0 radical (unpaired) electrons. The summed E-state index contributed by atoms with van der Waals surface area (Å²) in [6.45, 7) is 3.67. The Morgan fingerprint density at radius 1 is 1.13 bits per heavy atom. The number of ether oxygens (including phenoxy) is 2. The van der Waals surface area contributed by atoms with Gasteiger partial charge in [-0.2, -0.15) is 4.98 Å². The van der Waals surface area contributed by atoms with Gasteiger partial charge in [0.05, 0.1) is 25.7 Å². The molecule has 158 valence electrons. The van der Waals surface area contributed by atoms with Gasteiger partial charge in [0.2, 0.25) is 11.7 Å². The molecule has 0 saturated carbocycles. The summed E-state index contributed by atoms with van der Waals surface area (Å²) in [5.74, 6) is 2.76. The van der Waals surface area contributed by atoms with Crippen molar-refractivity contribution in [3.8, 4) is 22.9 Å². The number of nitrogens with one attached hydrogen (secondary N) is 1. The van der Waals surface area contributed by atoms with Crippen molar-refractivity contribution in [2.75, 3.05) is 25.1 Å². The Balaban J connectivity index is 0.00000256. The van der Waals surface area contributed by atoms with E-state index in [-0.39, 0.29) is 29.9 Å². The van der Waals surface area contributed by atoms with Crippen LogP contribution in [0.3, 0.4) is 0 Å². The van der Waals surface area contributed by atoms with Crippen LogP contribution < -0.4 is 20.5 Å². The number of benzene rings is 2. The van der Waals surface area contributed by atoms with Crippen molar-refractivity contribution >= 4 is 35.6 Å². The average Bonchev–Trinajstić information content (AvgIpc) is 3.13. The lowest BCUT2D eigenvalue weighted by atomic mass is 10.2. The second-order valence-corrected chi connectivity index (χ2v) is 6.79. The summed E-state index contributed by atoms with van der Waals surface area (Å²) in [7, 11) is 0. The summed E-state index contributed by atoms with van der Waals surface area (Å²) in [5, 5.41) is 7.12. The third-order valence-corrected chi connectivity index (χ3v) is 4.45. The summed E-state index contributed by atoms with van der Waals surface area (Å²) >= 11 is 0. The van der Waals surface area contributed by atoms with E-state index >= 15 is 0 Å². The van der Waals surface area contributed by atoms with Crippen LogP contribution in [0.5, 0.6) is 11.5 Å². The molecule has 3 aromatic rings. The van der Waals surface area contributed by atoms with Gasteiger partial charge in [0.15, 0.2) is 17.5 Å². The minimum atomic E-state index is -0.0657. The zero-order valence-electron chi connectivity index (χ0n) is 16.6. The quantitative estimate of drug-likeness (QED) is 0.296. The van der Waals surface area contributed by atoms with E-state index in [0.717, 1.165) is 23.4 Å². The maximum Gasteiger partial charge on any atom is 0.231 e. The molecule has 1 aliphatic rings. The van der Waals surface area contributed by atoms with Gasteiger partial charge in [-0.15, -0.1) is 24.0 Å². The predicted octanol–water partition coefficient (Wildman–Crippen LogP) is 4.05. The smallest absolute Gasteiger partial charge is 0.231 e. The number of rotatable bonds is 5. The maximum absolute atomic E-state index is 6.04. The first kappa shape index (κ1) is 21.9. The number of aromatic nitrogens is 2. The molecule has 30 heavy (non-hydrogen) atoms. The van der Waals surface area contributed by atoms with Gasteiger partial charge in [-0.1, -0.05) is 42.4 Å². The van der Waals surface area contributed by atoms with Gasteiger partial charge in [0.25, 0.3) is 0 Å². The monoisotopic (exact) mass is 521 g/mol. The van der Waals surface area contributed by atoms with Crippen LogP contribution in [0.1, 0.15) is 25.2 Å². The lowest BCUT2D eigenvalue weighted by molar-refractivity contribution is 0.297. The highest BCUT2D eigenvalue weighted by molar-refractivity contribution is 14.0. The number of anilines is 1. The highest BCUT2D eigenvalue weighted by atomic mass is 127. The van der Waals surface area contributed by atoms with E-state index in [1.807, 2.05) is 55.5 Å². The van der Waals surface area contributed by atoms with Crippen LogP contribution in [0.4, 0.5) is 5.69 Å². The van der Waals surface area contributed by atoms with E-state index in [9.17, 15) is 0 Å². The Kier molecular flexibility index (Phi) is 7.50. The van der Waals surface area contributed by atoms with Crippen LogP contribution in [0.15, 0.2) is 58.0 Å². The van der Waals surface area contributed by atoms with Gasteiger partial charge in [-0.25, -0.2) is 0 Å². The first-order valence-electron chi connectivity index (χ1n) is 9.54. The average molecular weight is 521 g/mol. The van der Waals surface area contributed by atoms with Crippen molar-refractivity contribution in [1.29, 1.82) is 0 Å². The van der Waals surface area contributed by atoms with E-state index < -0.39 is 0 Å². The van der Waals surface area contributed by atoms with Gasteiger partial charge in [0, 0.05) is 23.7 Å². The zero-order valence-corrected chi connectivity index (χ0v) is 18.9. The third kappa shape index (κ3) is 5.41. The molecule has 3 N–H and O–H groups in total. The summed E-state index contributed by atoms with van der Waals surface area (Å²) < 4.78 is 16.7. The summed E-state index contributed by atoms with van der Waals surface area (Å²) in [6, 6.07) is 15.3. The Bertz CT molecular complexity index is 993. The molecule has 0 spiro atoms. The second kappa shape index (κ2) is 10.3. The van der Waals surface area contributed by atoms with Gasteiger partial charge in [0.1, 0.15) is 0 Å². The largest absolute Gasteiger partial charge is 0.490 e. The SMILES string of the molecule is CC(CN=C(N)Nc1ccc2c(c1)OCCCO2)c1nc(-c2ccccc2)no1.I. The molecular formula is C21H24IN5O3. The van der Waals surface area contributed by atoms with Gasteiger partial charge in [-0.05, 0) is 12.1 Å². The maximum atomic E-state index is 6.04. The highest BCUT2D eigenvalue weighted by Gasteiger charge is 2.15. The number of nitrogens with two attached hydrogens (primary N) is 1. The zero-order chi connectivity index (χ0) is 20.1. The molecule has 4 rings (SSSR count). The molecule has 0 saturated heterocycles. The fraction of sp³-hybridized carbons (Fsp3) is 0.286. The molecule has 8 nitrogen and oxygen atoms in total. The third-order valence-electron chi connectivity index (χ3n) is 4.45. The summed E-state index contributed by atoms with van der Waals surface area (Å²) in [4.78, 5) is 8.85. The normalized spacial score (nSPS) is 14.4. The van der Waals surface area contributed by atoms with E-state index in [0.29, 0.717) is 43.2 Å². The van der Waals surface area contributed by atoms with Crippen LogP contribution in [-0.4, -0.2) is 35.9 Å². The lowest BCUT2D eigenvalue weighted by Gasteiger charge is -2.11. The molecule has 2 aromatic carbocycles. The summed E-state index contributed by atoms with van der Waals surface area (Å²) in [5.41, 5.74) is 7.73. The van der Waals surface area contributed by atoms with Gasteiger partial charge < -0.3 is 25.0 Å². The topological polar surface area (TPSA) is 108 Å². The number of guanidine groups is 1. The van der Waals surface area contributed by atoms with Crippen LogP contribution in [0.25, 0.3) is 11.4 Å². The van der Waals surface area contributed by atoms with Crippen molar-refractivity contribution in [3.63, 3.8) is 0 Å². The summed E-state index contributed by atoms with van der Waals surface area (Å²) in [6.07, 6.45) is 0.862. The number of aliphatic imine (C=N–C) groups is 1. The van der Waals surface area contributed by atoms with Crippen LogP contribution in [-0.2, 0) is 0 Å². The highest BCUT2D eigenvalue weighted by Crippen LogP contribution is 2.32. The number of nitrogens with zero attached hydrogens (tertiary/aromatic N) is 3. The van der Waals surface area contributed by atoms with E-state index in [1.54, 1.807) is 0 Å². The molecular weight excluding hydrogens is 497 g/mol. The minimum absolute atomic E-state index is 0. The Morgan fingerprint density at radius 3 is 2.70 bits per heavy atom. The number of fused-ring (bicyclic) bond motifs is 1. The Labute approximate surface area is 191 Å². The van der Waals surface area contributed by atoms with Crippen molar-refractivity contribution in [2.24, 2.45) is 10.7 Å². The number of halogens is 1. The predicted molar refractivity (Wildman–Crippen MR) is 126 cm³/mol. The van der Waals surface area contributed by atoms with E-state index in [4.69, 9.17) is 19.7 Å². The fourth-order valence-corrected chi connectivity index (χ4v) is 2.88. The van der Waals surface area contributed by atoms with Crippen molar-refractivity contribution in [2.45, 2.75) is 19.3 Å². The van der Waals surface area contributed by atoms with Gasteiger partial charge >= 0.3 is 0 Å². The van der Waals surface area contributed by atoms with Crippen LogP contribution in [0, 0.1) is 0 Å². The molecule has 2 heterocycles. The Morgan fingerprint density at radius 2 is 1.90 bits per heavy atom. The minimum Gasteiger partial charge on any atom is -0.490 e. The molecule has 1 aromatic heterocycles. The Hall–Kier alpha value is -2.82. The molecule has 0 amide bonds. The van der Waals surface area contributed by atoms with E-state index in [2.05, 4.69) is 20.4 Å². The fourth-order valence-electron chi connectivity index (χ4n) is 2.88. The number of hydrogen-bond donors (Lipinski definition) is 2. The molecule has 0 bridgehead atoms. The molecule has 1 aliphatic heterocycles. The van der Waals surface area contributed by atoms with Crippen LogP contribution >= 0.6 is 24.0 Å². The first-order chi connectivity index (χ1) is 14.2. The van der Waals surface area contributed by atoms with E-state index in [1.165, 1.54) is 0 Å². The molecule has 1 unspecified atom stereocenters. The second-order valence-electron chi connectivity index (χ2n) is 6.79. The standard InChI is InChI=1S/C21H23N5O3.HI/c1-14(20-25-19(26-29-20)15-6-3-2-4-7-15)13-23-21(22)24-16-8-9-17-18(12-16)28-11-5-10-27-17;/h2-4,6-9,12,14H,5,10-11,13H2,1H3,(H3,22,23,24);1H. The lowest BCUT2D eigenvalue weighted by Crippen LogP contribution is -2.23. The molecule has 9 heteroatoms. The molecule has 0 fully saturated rings. The molecule has 0 aliphatic carbocycles. The van der Waals surface area contributed by atoms with Gasteiger partial charge in [-0.3, -0.25) is 4.99 Å². The van der Waals surface area contributed by atoms with Crippen molar-refractivity contribution in [3.05, 3.63) is 54.4 Å². The molecule has 1 atom stereocenters.